The predicted molar refractivity (Wildman–Crippen MR) is 56.0 cm³/mol. The topological polar surface area (TPSA) is 26.0 Å². The first kappa shape index (κ1) is 10.6. The van der Waals surface area contributed by atoms with Crippen LogP contribution in [0.15, 0.2) is 24.3 Å². The van der Waals surface area contributed by atoms with Crippen molar-refractivity contribution in [2.24, 2.45) is 5.73 Å². The van der Waals surface area contributed by atoms with Gasteiger partial charge < -0.3 is 5.73 Å². The SMILES string of the molecule is NCC1(c2cccc(C(F)F)c2)CCC1. The highest BCUT2D eigenvalue weighted by Gasteiger charge is 2.37. The van der Waals surface area contributed by atoms with Crippen LogP contribution in [0.5, 0.6) is 0 Å². The van der Waals surface area contributed by atoms with Gasteiger partial charge in [-0.1, -0.05) is 24.6 Å². The lowest BCUT2D eigenvalue weighted by Crippen LogP contribution is -2.41. The van der Waals surface area contributed by atoms with Crippen LogP contribution in [0.2, 0.25) is 0 Å². The zero-order valence-electron chi connectivity index (χ0n) is 8.55. The summed E-state index contributed by atoms with van der Waals surface area (Å²) in [7, 11) is 0. The van der Waals surface area contributed by atoms with E-state index in [0.29, 0.717) is 6.54 Å². The minimum absolute atomic E-state index is 0.0229. The molecule has 1 aromatic carbocycles. The van der Waals surface area contributed by atoms with Gasteiger partial charge >= 0.3 is 0 Å². The fraction of sp³-hybridized carbons (Fsp3) is 0.500. The number of hydrogen-bond donors (Lipinski definition) is 1. The van der Waals surface area contributed by atoms with E-state index in [0.717, 1.165) is 24.8 Å². The Labute approximate surface area is 88.3 Å². The summed E-state index contributed by atoms with van der Waals surface area (Å²) in [6, 6.07) is 6.69. The molecule has 0 aromatic heterocycles. The van der Waals surface area contributed by atoms with Crippen LogP contribution < -0.4 is 5.73 Å². The van der Waals surface area contributed by atoms with Gasteiger partial charge in [0.15, 0.2) is 0 Å². The zero-order chi connectivity index (χ0) is 10.9. The monoisotopic (exact) mass is 211 g/mol. The zero-order valence-corrected chi connectivity index (χ0v) is 8.55. The fourth-order valence-corrected chi connectivity index (χ4v) is 2.22. The third-order valence-corrected chi connectivity index (χ3v) is 3.45. The van der Waals surface area contributed by atoms with Gasteiger partial charge in [-0.15, -0.1) is 0 Å². The van der Waals surface area contributed by atoms with Gasteiger partial charge in [-0.05, 0) is 24.5 Å². The fourth-order valence-electron chi connectivity index (χ4n) is 2.22. The maximum atomic E-state index is 12.5. The molecule has 1 fully saturated rings. The van der Waals surface area contributed by atoms with Crippen molar-refractivity contribution >= 4 is 0 Å². The minimum Gasteiger partial charge on any atom is -0.330 e. The first-order valence-corrected chi connectivity index (χ1v) is 5.27. The molecule has 1 aliphatic rings. The highest BCUT2D eigenvalue weighted by molar-refractivity contribution is 5.33. The molecule has 2 N–H and O–H groups in total. The average Bonchev–Trinajstić information content (AvgIpc) is 2.17. The summed E-state index contributed by atoms with van der Waals surface area (Å²) < 4.78 is 25.1. The van der Waals surface area contributed by atoms with Gasteiger partial charge in [-0.2, -0.15) is 0 Å². The van der Waals surface area contributed by atoms with Gasteiger partial charge in [0.05, 0.1) is 0 Å². The number of alkyl halides is 2. The molecular formula is C12H15F2N. The molecule has 0 saturated heterocycles. The maximum absolute atomic E-state index is 12.5. The number of hydrogen-bond acceptors (Lipinski definition) is 1. The summed E-state index contributed by atoms with van der Waals surface area (Å²) in [5.41, 5.74) is 6.80. The van der Waals surface area contributed by atoms with Gasteiger partial charge in [0.25, 0.3) is 6.43 Å². The van der Waals surface area contributed by atoms with Gasteiger partial charge in [-0.3, -0.25) is 0 Å². The molecule has 0 atom stereocenters. The van der Waals surface area contributed by atoms with Gasteiger partial charge in [0, 0.05) is 17.5 Å². The molecule has 15 heavy (non-hydrogen) atoms. The van der Waals surface area contributed by atoms with Crippen molar-refractivity contribution < 1.29 is 8.78 Å². The maximum Gasteiger partial charge on any atom is 0.263 e. The molecule has 0 amide bonds. The van der Waals surface area contributed by atoms with Gasteiger partial charge in [0.2, 0.25) is 0 Å². The summed E-state index contributed by atoms with van der Waals surface area (Å²) in [5, 5.41) is 0. The quantitative estimate of drug-likeness (QED) is 0.817. The Morgan fingerprint density at radius 1 is 1.33 bits per heavy atom. The standard InChI is InChI=1S/C12H15F2N/c13-11(14)9-3-1-4-10(7-9)12(8-15)5-2-6-12/h1,3-4,7,11H,2,5-6,8,15H2. The lowest BCUT2D eigenvalue weighted by atomic mass is 9.64. The number of nitrogens with two attached hydrogens (primary N) is 1. The van der Waals surface area contributed by atoms with E-state index in [1.54, 1.807) is 12.1 Å². The van der Waals surface area contributed by atoms with Crippen LogP contribution in [0.3, 0.4) is 0 Å². The second-order valence-corrected chi connectivity index (χ2v) is 4.26. The van der Waals surface area contributed by atoms with E-state index >= 15 is 0 Å². The van der Waals surface area contributed by atoms with Crippen LogP contribution in [0.4, 0.5) is 8.78 Å². The highest BCUT2D eigenvalue weighted by atomic mass is 19.3. The van der Waals surface area contributed by atoms with Crippen molar-refractivity contribution in [1.82, 2.24) is 0 Å². The molecule has 1 aromatic rings. The molecular weight excluding hydrogens is 196 g/mol. The van der Waals surface area contributed by atoms with E-state index < -0.39 is 6.43 Å². The lowest BCUT2D eigenvalue weighted by molar-refractivity contribution is 0.150. The summed E-state index contributed by atoms with van der Waals surface area (Å²) in [5.74, 6) is 0. The van der Waals surface area contributed by atoms with Crippen LogP contribution in [0, 0.1) is 0 Å². The van der Waals surface area contributed by atoms with Gasteiger partial charge in [-0.25, -0.2) is 8.78 Å². The van der Waals surface area contributed by atoms with Gasteiger partial charge in [0.1, 0.15) is 0 Å². The van der Waals surface area contributed by atoms with Crippen LogP contribution in [-0.4, -0.2) is 6.54 Å². The molecule has 0 unspecified atom stereocenters. The summed E-state index contributed by atoms with van der Waals surface area (Å²) in [6.45, 7) is 0.555. The number of halogens is 2. The number of benzene rings is 1. The lowest BCUT2D eigenvalue weighted by Gasteiger charge is -2.41. The van der Waals surface area contributed by atoms with Crippen molar-refractivity contribution in [3.8, 4) is 0 Å². The second kappa shape index (κ2) is 3.89. The third kappa shape index (κ3) is 1.76. The predicted octanol–water partition coefficient (Wildman–Crippen LogP) is 3.00. The van der Waals surface area contributed by atoms with E-state index in [1.165, 1.54) is 6.07 Å². The molecule has 82 valence electrons. The second-order valence-electron chi connectivity index (χ2n) is 4.26. The molecule has 0 heterocycles. The van der Waals surface area contributed by atoms with Crippen molar-refractivity contribution in [3.63, 3.8) is 0 Å². The summed E-state index contributed by atoms with van der Waals surface area (Å²) in [4.78, 5) is 0. The smallest absolute Gasteiger partial charge is 0.263 e. The minimum atomic E-state index is -2.39. The highest BCUT2D eigenvalue weighted by Crippen LogP contribution is 2.43. The molecule has 1 saturated carbocycles. The van der Waals surface area contributed by atoms with E-state index in [-0.39, 0.29) is 11.0 Å². The van der Waals surface area contributed by atoms with Crippen LogP contribution in [-0.2, 0) is 5.41 Å². The number of rotatable bonds is 3. The average molecular weight is 211 g/mol. The van der Waals surface area contributed by atoms with Crippen LogP contribution in [0.1, 0.15) is 36.8 Å². The largest absolute Gasteiger partial charge is 0.330 e. The van der Waals surface area contributed by atoms with Crippen molar-refractivity contribution in [1.29, 1.82) is 0 Å². The van der Waals surface area contributed by atoms with E-state index in [4.69, 9.17) is 5.73 Å². The van der Waals surface area contributed by atoms with E-state index in [2.05, 4.69) is 0 Å². The molecule has 0 radical (unpaired) electrons. The third-order valence-electron chi connectivity index (χ3n) is 3.45. The Balaban J connectivity index is 2.31. The molecule has 3 heteroatoms. The molecule has 0 bridgehead atoms. The molecule has 1 nitrogen and oxygen atoms in total. The Bertz CT molecular complexity index is 340. The summed E-state index contributed by atoms with van der Waals surface area (Å²) in [6.07, 6.45) is 0.808. The first-order valence-electron chi connectivity index (χ1n) is 5.27. The van der Waals surface area contributed by atoms with Crippen LogP contribution in [0.25, 0.3) is 0 Å². The molecule has 2 rings (SSSR count). The van der Waals surface area contributed by atoms with E-state index in [9.17, 15) is 8.78 Å². The van der Waals surface area contributed by atoms with Crippen molar-refractivity contribution in [2.75, 3.05) is 6.54 Å². The Hall–Kier alpha value is -0.960. The Kier molecular flexibility index (Phi) is 2.74. The molecule has 0 spiro atoms. The van der Waals surface area contributed by atoms with Crippen molar-refractivity contribution in [2.45, 2.75) is 31.1 Å². The Morgan fingerprint density at radius 3 is 2.53 bits per heavy atom. The Morgan fingerprint density at radius 2 is 2.07 bits per heavy atom. The summed E-state index contributed by atoms with van der Waals surface area (Å²) >= 11 is 0. The van der Waals surface area contributed by atoms with E-state index in [1.807, 2.05) is 6.07 Å². The van der Waals surface area contributed by atoms with Crippen LogP contribution >= 0.6 is 0 Å². The first-order chi connectivity index (χ1) is 7.18. The molecule has 1 aliphatic carbocycles. The molecule has 0 aliphatic heterocycles. The normalized spacial score (nSPS) is 18.9. The van der Waals surface area contributed by atoms with Crippen molar-refractivity contribution in [3.05, 3.63) is 35.4 Å².